The molecule has 0 amide bonds. The molecular weight excluding hydrogens is 264 g/mol. The Hall–Kier alpha value is -1.33. The number of sulfone groups is 1. The first-order valence-corrected chi connectivity index (χ1v) is 6.90. The fraction of sp³-hybridized carbons (Fsp3) is 0.182. The van der Waals surface area contributed by atoms with Crippen LogP contribution in [0.2, 0.25) is 5.02 Å². The second-order valence-electron chi connectivity index (χ2n) is 3.59. The molecule has 0 saturated carbocycles. The fourth-order valence-electron chi connectivity index (χ4n) is 1.15. The molecule has 92 valence electrons. The summed E-state index contributed by atoms with van der Waals surface area (Å²) >= 11 is 5.88. The van der Waals surface area contributed by atoms with E-state index in [1.54, 1.807) is 0 Å². The highest BCUT2D eigenvalue weighted by molar-refractivity contribution is 7.90. The minimum Gasteiger partial charge on any atom is -0.478 e. The van der Waals surface area contributed by atoms with Crippen LogP contribution in [0.25, 0.3) is 6.08 Å². The maximum Gasteiger partial charge on any atom is 0.331 e. The van der Waals surface area contributed by atoms with E-state index in [4.69, 9.17) is 16.7 Å². The van der Waals surface area contributed by atoms with E-state index in [2.05, 4.69) is 0 Å². The summed E-state index contributed by atoms with van der Waals surface area (Å²) in [5.41, 5.74) is 0.595. The lowest BCUT2D eigenvalue weighted by Gasteiger charge is -2.03. The summed E-state index contributed by atoms with van der Waals surface area (Å²) in [7, 11) is -3.31. The molecule has 1 aromatic rings. The Kier molecular flexibility index (Phi) is 3.95. The van der Waals surface area contributed by atoms with Gasteiger partial charge in [0.2, 0.25) is 0 Å². The minimum atomic E-state index is -3.31. The van der Waals surface area contributed by atoms with Crippen LogP contribution in [-0.2, 0) is 14.6 Å². The molecule has 6 heteroatoms. The van der Waals surface area contributed by atoms with Gasteiger partial charge in [-0.3, -0.25) is 0 Å². The van der Waals surface area contributed by atoms with Gasteiger partial charge in [-0.2, -0.15) is 0 Å². The van der Waals surface area contributed by atoms with Gasteiger partial charge >= 0.3 is 5.97 Å². The molecule has 0 aliphatic carbocycles. The molecule has 0 saturated heterocycles. The molecule has 1 rings (SSSR count). The lowest BCUT2D eigenvalue weighted by Crippen LogP contribution is -1.98. The number of hydrogen-bond donors (Lipinski definition) is 1. The average molecular weight is 275 g/mol. The van der Waals surface area contributed by atoms with Gasteiger partial charge in [0.15, 0.2) is 9.84 Å². The lowest BCUT2D eigenvalue weighted by atomic mass is 10.1. The Bertz CT molecular complexity index is 587. The van der Waals surface area contributed by atoms with Crippen molar-refractivity contribution in [3.63, 3.8) is 0 Å². The number of rotatable bonds is 3. The van der Waals surface area contributed by atoms with Crippen LogP contribution in [0.5, 0.6) is 0 Å². The van der Waals surface area contributed by atoms with Crippen LogP contribution >= 0.6 is 11.6 Å². The molecule has 0 aliphatic rings. The number of aliphatic carboxylic acids is 1. The summed E-state index contributed by atoms with van der Waals surface area (Å²) in [4.78, 5) is 10.7. The number of carbonyl (C=O) groups is 1. The predicted octanol–water partition coefficient (Wildman–Crippen LogP) is 2.23. The van der Waals surface area contributed by atoms with Crippen LogP contribution in [0.1, 0.15) is 12.5 Å². The summed E-state index contributed by atoms with van der Waals surface area (Å²) in [6.45, 7) is 1.43. The standard InChI is InChI=1S/C11H11ClO4S/c1-7(11(13)14)5-8-3-4-9(6-10(8)12)17(2,15)16/h3-6H,1-2H3,(H,13,14)/b7-5+. The Morgan fingerprint density at radius 3 is 2.41 bits per heavy atom. The van der Waals surface area contributed by atoms with E-state index in [1.807, 2.05) is 0 Å². The van der Waals surface area contributed by atoms with Crippen molar-refractivity contribution in [1.82, 2.24) is 0 Å². The van der Waals surface area contributed by atoms with Gasteiger partial charge in [0.1, 0.15) is 0 Å². The average Bonchev–Trinajstić information content (AvgIpc) is 2.19. The van der Waals surface area contributed by atoms with Gasteiger partial charge in [-0.05, 0) is 30.7 Å². The Labute approximate surface area is 104 Å². The zero-order valence-corrected chi connectivity index (χ0v) is 10.8. The minimum absolute atomic E-state index is 0.104. The van der Waals surface area contributed by atoms with Crippen molar-refractivity contribution in [3.8, 4) is 0 Å². The van der Waals surface area contributed by atoms with Crippen LogP contribution in [0, 0.1) is 0 Å². The van der Waals surface area contributed by atoms with Gasteiger partial charge in [-0.25, -0.2) is 13.2 Å². The number of carboxylic acid groups (broad SMARTS) is 1. The molecule has 0 fully saturated rings. The van der Waals surface area contributed by atoms with Gasteiger partial charge in [0, 0.05) is 16.9 Å². The van der Waals surface area contributed by atoms with Crippen LogP contribution in [0.15, 0.2) is 28.7 Å². The summed E-state index contributed by atoms with van der Waals surface area (Å²) in [5.74, 6) is -1.05. The van der Waals surface area contributed by atoms with Crippen molar-refractivity contribution in [1.29, 1.82) is 0 Å². The first kappa shape index (κ1) is 13.7. The molecule has 0 unspecified atom stereocenters. The van der Waals surface area contributed by atoms with Crippen molar-refractivity contribution in [2.45, 2.75) is 11.8 Å². The molecule has 1 N–H and O–H groups in total. The largest absolute Gasteiger partial charge is 0.478 e. The normalized spacial score (nSPS) is 12.5. The van der Waals surface area contributed by atoms with Gasteiger partial charge < -0.3 is 5.11 Å². The van der Waals surface area contributed by atoms with E-state index >= 15 is 0 Å². The quantitative estimate of drug-likeness (QED) is 0.858. The van der Waals surface area contributed by atoms with Crippen LogP contribution in [0.3, 0.4) is 0 Å². The third-order valence-electron chi connectivity index (χ3n) is 2.11. The Balaban J connectivity index is 3.25. The van der Waals surface area contributed by atoms with Gasteiger partial charge in [0.25, 0.3) is 0 Å². The first-order chi connectivity index (χ1) is 7.71. The second-order valence-corrected chi connectivity index (χ2v) is 6.01. The first-order valence-electron chi connectivity index (χ1n) is 4.63. The van der Waals surface area contributed by atoms with Crippen LogP contribution in [0.4, 0.5) is 0 Å². The molecule has 0 aliphatic heterocycles. The van der Waals surface area contributed by atoms with E-state index < -0.39 is 15.8 Å². The van der Waals surface area contributed by atoms with Crippen molar-refractivity contribution in [2.75, 3.05) is 6.26 Å². The Morgan fingerprint density at radius 2 is 2.00 bits per heavy atom. The number of halogens is 1. The summed E-state index contributed by atoms with van der Waals surface area (Å²) < 4.78 is 22.5. The molecule has 0 bridgehead atoms. The maximum atomic E-state index is 11.3. The second kappa shape index (κ2) is 4.89. The molecule has 1 aromatic carbocycles. The van der Waals surface area contributed by atoms with E-state index in [-0.39, 0.29) is 15.5 Å². The van der Waals surface area contributed by atoms with Crippen molar-refractivity contribution in [2.24, 2.45) is 0 Å². The van der Waals surface area contributed by atoms with E-state index in [0.29, 0.717) is 5.56 Å². The zero-order valence-electron chi connectivity index (χ0n) is 9.27. The molecule has 0 heterocycles. The van der Waals surface area contributed by atoms with Gasteiger partial charge in [-0.15, -0.1) is 0 Å². The highest BCUT2D eigenvalue weighted by Gasteiger charge is 2.10. The maximum absolute atomic E-state index is 11.3. The molecule has 0 atom stereocenters. The highest BCUT2D eigenvalue weighted by atomic mass is 35.5. The number of benzene rings is 1. The van der Waals surface area contributed by atoms with E-state index in [0.717, 1.165) is 6.26 Å². The highest BCUT2D eigenvalue weighted by Crippen LogP contribution is 2.23. The van der Waals surface area contributed by atoms with E-state index in [1.165, 1.54) is 31.2 Å². The van der Waals surface area contributed by atoms with Crippen LogP contribution in [-0.4, -0.2) is 25.7 Å². The molecule has 4 nitrogen and oxygen atoms in total. The van der Waals surface area contributed by atoms with Gasteiger partial charge in [-0.1, -0.05) is 17.7 Å². The number of hydrogen-bond acceptors (Lipinski definition) is 3. The lowest BCUT2D eigenvalue weighted by molar-refractivity contribution is -0.132. The zero-order chi connectivity index (χ0) is 13.2. The monoisotopic (exact) mass is 274 g/mol. The smallest absolute Gasteiger partial charge is 0.331 e. The molecule has 17 heavy (non-hydrogen) atoms. The van der Waals surface area contributed by atoms with Crippen molar-refractivity contribution in [3.05, 3.63) is 34.4 Å². The molecule has 0 spiro atoms. The van der Waals surface area contributed by atoms with Gasteiger partial charge in [0.05, 0.1) is 4.90 Å². The molecule has 0 radical (unpaired) electrons. The third kappa shape index (κ3) is 3.57. The summed E-state index contributed by atoms with van der Waals surface area (Å²) in [5, 5.41) is 8.91. The Morgan fingerprint density at radius 1 is 1.41 bits per heavy atom. The fourth-order valence-corrected chi connectivity index (χ4v) is 2.10. The van der Waals surface area contributed by atoms with Crippen LogP contribution < -0.4 is 0 Å². The predicted molar refractivity (Wildman–Crippen MR) is 65.8 cm³/mol. The van der Waals surface area contributed by atoms with Crippen molar-refractivity contribution < 1.29 is 18.3 Å². The van der Waals surface area contributed by atoms with E-state index in [9.17, 15) is 13.2 Å². The van der Waals surface area contributed by atoms with Crippen molar-refractivity contribution >= 4 is 33.5 Å². The molecule has 0 aromatic heterocycles. The third-order valence-corrected chi connectivity index (χ3v) is 3.55. The molecular formula is C11H11ClO4S. The number of carboxylic acids is 1. The summed E-state index contributed by atoms with van der Waals surface area (Å²) in [6, 6.07) is 4.17. The topological polar surface area (TPSA) is 71.4 Å². The SMILES string of the molecule is C/C(=C\c1ccc(S(C)(=O)=O)cc1Cl)C(=O)O. The summed E-state index contributed by atoms with van der Waals surface area (Å²) in [6.07, 6.45) is 2.47.